The number of fused-ring (bicyclic) bond motifs is 1. The van der Waals surface area contributed by atoms with E-state index < -0.39 is 27.5 Å². The van der Waals surface area contributed by atoms with Crippen LogP contribution < -0.4 is 5.56 Å². The van der Waals surface area contributed by atoms with Crippen molar-refractivity contribution in [3.8, 4) is 22.6 Å². The van der Waals surface area contributed by atoms with Crippen molar-refractivity contribution in [2.24, 2.45) is 0 Å². The van der Waals surface area contributed by atoms with Crippen molar-refractivity contribution < 1.29 is 26.0 Å². The van der Waals surface area contributed by atoms with E-state index in [4.69, 9.17) is 4.42 Å². The number of hydrogen-bond donors (Lipinski definition) is 1. The molecule has 0 atom stereocenters. The molecular weight excluding hydrogens is 501 g/mol. The number of piperidine rings is 1. The summed E-state index contributed by atoms with van der Waals surface area (Å²) in [6.07, 6.45) is -2.74. The fourth-order valence-electron chi connectivity index (χ4n) is 4.45. The first-order chi connectivity index (χ1) is 16.9. The molecule has 0 unspecified atom stereocenters. The van der Waals surface area contributed by atoms with Crippen molar-refractivity contribution in [1.82, 2.24) is 29.1 Å². The van der Waals surface area contributed by atoms with Gasteiger partial charge in [0, 0.05) is 24.7 Å². The van der Waals surface area contributed by atoms with Gasteiger partial charge in [0.25, 0.3) is 11.4 Å². The first kappa shape index (κ1) is 24.2. The molecule has 0 saturated carbocycles. The second-order valence-electron chi connectivity index (χ2n) is 8.66. The van der Waals surface area contributed by atoms with Crippen molar-refractivity contribution in [3.63, 3.8) is 0 Å². The number of aromatic amines is 1. The van der Waals surface area contributed by atoms with Gasteiger partial charge in [0.15, 0.2) is 5.69 Å². The highest BCUT2D eigenvalue weighted by Crippen LogP contribution is 2.38. The Hall–Kier alpha value is -3.52. The lowest BCUT2D eigenvalue weighted by atomic mass is 9.98. The average Bonchev–Trinajstić information content (AvgIpc) is 3.45. The molecule has 3 aromatic heterocycles. The van der Waals surface area contributed by atoms with Crippen LogP contribution >= 0.6 is 0 Å². The first-order valence-corrected chi connectivity index (χ1v) is 12.9. The number of H-pyrrole nitrogens is 1. The number of aromatic nitrogens is 5. The molecule has 0 spiro atoms. The van der Waals surface area contributed by atoms with Crippen molar-refractivity contribution in [2.75, 3.05) is 19.3 Å². The summed E-state index contributed by atoms with van der Waals surface area (Å²) >= 11 is 0. The normalized spacial score (nSPS) is 16.1. The summed E-state index contributed by atoms with van der Waals surface area (Å²) in [5.74, 6) is -0.126. The summed E-state index contributed by atoms with van der Waals surface area (Å²) in [5, 5.41) is 11.6. The molecule has 1 N–H and O–H groups in total. The Morgan fingerprint density at radius 1 is 1.08 bits per heavy atom. The topological polar surface area (TPSA) is 126 Å². The van der Waals surface area contributed by atoms with E-state index in [9.17, 15) is 26.4 Å². The van der Waals surface area contributed by atoms with Crippen molar-refractivity contribution >= 4 is 15.7 Å². The van der Waals surface area contributed by atoms with E-state index in [0.717, 1.165) is 6.26 Å². The molecule has 0 amide bonds. The Bertz CT molecular complexity index is 1600. The van der Waals surface area contributed by atoms with Crippen molar-refractivity contribution in [1.29, 1.82) is 0 Å². The minimum absolute atomic E-state index is 0.0920. The van der Waals surface area contributed by atoms with Gasteiger partial charge in [0.1, 0.15) is 11.2 Å². The lowest BCUT2D eigenvalue weighted by molar-refractivity contribution is -0.140. The first-order valence-electron chi connectivity index (χ1n) is 11.0. The van der Waals surface area contributed by atoms with Crippen LogP contribution in [0.3, 0.4) is 0 Å². The molecule has 0 aliphatic carbocycles. The number of hydrogen-bond acceptors (Lipinski definition) is 7. The van der Waals surface area contributed by atoms with Crippen LogP contribution in [0.4, 0.5) is 13.2 Å². The molecule has 4 aromatic rings. The molecule has 5 rings (SSSR count). The zero-order valence-corrected chi connectivity index (χ0v) is 20.0. The quantitative estimate of drug-likeness (QED) is 0.436. The average molecular weight is 523 g/mol. The minimum Gasteiger partial charge on any atom is -0.420 e. The molecule has 190 valence electrons. The maximum absolute atomic E-state index is 13.9. The van der Waals surface area contributed by atoms with Crippen LogP contribution in [0.1, 0.15) is 36.0 Å². The van der Waals surface area contributed by atoms with E-state index in [0.29, 0.717) is 30.4 Å². The van der Waals surface area contributed by atoms with Crippen LogP contribution in [0.2, 0.25) is 0 Å². The van der Waals surface area contributed by atoms with Gasteiger partial charge in [-0.25, -0.2) is 12.7 Å². The van der Waals surface area contributed by atoms with E-state index in [-0.39, 0.29) is 45.7 Å². The summed E-state index contributed by atoms with van der Waals surface area (Å²) in [5.41, 5.74) is -1.97. The smallest absolute Gasteiger partial charge is 0.420 e. The van der Waals surface area contributed by atoms with Crippen LogP contribution in [0.15, 0.2) is 39.5 Å². The number of rotatable bonds is 4. The molecule has 14 heteroatoms. The minimum atomic E-state index is -4.80. The molecule has 1 saturated heterocycles. The van der Waals surface area contributed by atoms with Gasteiger partial charge in [-0.3, -0.25) is 4.79 Å². The highest BCUT2D eigenvalue weighted by Gasteiger charge is 2.39. The Morgan fingerprint density at radius 2 is 1.75 bits per heavy atom. The van der Waals surface area contributed by atoms with Crippen LogP contribution in [-0.4, -0.2) is 56.9 Å². The number of nitrogens with one attached hydrogen (secondary N) is 1. The summed E-state index contributed by atoms with van der Waals surface area (Å²) < 4.78 is 72.9. The van der Waals surface area contributed by atoms with Crippen LogP contribution in [-0.2, 0) is 16.2 Å². The lowest BCUT2D eigenvalue weighted by Gasteiger charge is -2.28. The van der Waals surface area contributed by atoms with E-state index in [1.54, 1.807) is 18.2 Å². The summed E-state index contributed by atoms with van der Waals surface area (Å²) in [7, 11) is -3.30. The number of alkyl halides is 3. The summed E-state index contributed by atoms with van der Waals surface area (Å²) in [4.78, 5) is 16.2. The van der Waals surface area contributed by atoms with Crippen molar-refractivity contribution in [2.45, 2.75) is 31.9 Å². The zero-order valence-electron chi connectivity index (χ0n) is 19.2. The Morgan fingerprint density at radius 3 is 2.36 bits per heavy atom. The lowest BCUT2D eigenvalue weighted by Crippen LogP contribution is -2.37. The zero-order chi connectivity index (χ0) is 25.8. The monoisotopic (exact) mass is 522 g/mol. The predicted molar refractivity (Wildman–Crippen MR) is 123 cm³/mol. The molecule has 10 nitrogen and oxygen atoms in total. The van der Waals surface area contributed by atoms with Gasteiger partial charge in [-0.2, -0.15) is 22.8 Å². The van der Waals surface area contributed by atoms with Gasteiger partial charge < -0.3 is 9.40 Å². The fraction of sp³-hybridized carbons (Fsp3) is 0.364. The van der Waals surface area contributed by atoms with Gasteiger partial charge in [0.2, 0.25) is 15.9 Å². The Labute approximate surface area is 202 Å². The number of halogens is 3. The van der Waals surface area contributed by atoms with E-state index >= 15 is 0 Å². The van der Waals surface area contributed by atoms with E-state index in [1.807, 2.05) is 0 Å². The molecule has 1 aliphatic heterocycles. The van der Waals surface area contributed by atoms with Crippen molar-refractivity contribution in [3.05, 3.63) is 58.0 Å². The second kappa shape index (κ2) is 8.55. The van der Waals surface area contributed by atoms with Gasteiger partial charge in [-0.05, 0) is 25.3 Å². The highest BCUT2D eigenvalue weighted by atomic mass is 32.2. The molecule has 1 aromatic carbocycles. The van der Waals surface area contributed by atoms with Crippen LogP contribution in [0.5, 0.6) is 0 Å². The van der Waals surface area contributed by atoms with Crippen LogP contribution in [0, 0.1) is 6.92 Å². The third kappa shape index (κ3) is 4.19. The number of sulfonamides is 1. The maximum atomic E-state index is 13.9. The fourth-order valence-corrected chi connectivity index (χ4v) is 5.32. The van der Waals surface area contributed by atoms with E-state index in [2.05, 4.69) is 20.3 Å². The Kier molecular flexibility index (Phi) is 5.75. The predicted octanol–water partition coefficient (Wildman–Crippen LogP) is 3.21. The summed E-state index contributed by atoms with van der Waals surface area (Å²) in [6, 6.07) is 7.88. The van der Waals surface area contributed by atoms with E-state index in [1.165, 1.54) is 23.4 Å². The Balaban J connectivity index is 1.57. The standard InChI is InChI=1S/C22H21F3N6O4S/c1-12-15(20-28-27-19(35-20)14-8-10-30(11-9-14)36(2,33)34)21(32)31-18(26-12)16(13-6-4-3-5-7-13)17(29-31)22(23,24)25/h3-7,14,26H,8-11H2,1-2H3. The van der Waals surface area contributed by atoms with Gasteiger partial charge in [-0.15, -0.1) is 10.2 Å². The highest BCUT2D eigenvalue weighted by molar-refractivity contribution is 7.88. The third-order valence-corrected chi connectivity index (χ3v) is 7.53. The number of benzene rings is 1. The SMILES string of the molecule is Cc1[nH]c2c(-c3ccccc3)c(C(F)(F)F)nn2c(=O)c1-c1nnc(C2CCN(S(C)(=O)=O)CC2)o1. The second-order valence-corrected chi connectivity index (χ2v) is 10.6. The molecule has 1 aliphatic rings. The molecule has 0 bridgehead atoms. The van der Waals surface area contributed by atoms with Gasteiger partial charge in [0.05, 0.1) is 11.8 Å². The largest absolute Gasteiger partial charge is 0.435 e. The molecule has 1 fully saturated rings. The molecule has 36 heavy (non-hydrogen) atoms. The van der Waals surface area contributed by atoms with Crippen LogP contribution in [0.25, 0.3) is 28.2 Å². The third-order valence-electron chi connectivity index (χ3n) is 6.23. The molecular formula is C22H21F3N6O4S. The van der Waals surface area contributed by atoms with Gasteiger partial charge >= 0.3 is 6.18 Å². The number of nitrogens with zero attached hydrogens (tertiary/aromatic N) is 5. The number of aryl methyl sites for hydroxylation is 1. The molecule has 0 radical (unpaired) electrons. The summed E-state index contributed by atoms with van der Waals surface area (Å²) in [6.45, 7) is 2.12. The van der Waals surface area contributed by atoms with Gasteiger partial charge in [-0.1, -0.05) is 30.3 Å². The maximum Gasteiger partial charge on any atom is 0.435 e. The molecule has 4 heterocycles.